The molecule has 1 atom stereocenters. The lowest BCUT2D eigenvalue weighted by atomic mass is 10.2. The van der Waals surface area contributed by atoms with Crippen molar-refractivity contribution in [3.8, 4) is 0 Å². The SMILES string of the molecule is CCC1CN(S(=O)(=O)c2scnc2C(=O)O)CCO1. The Morgan fingerprint density at radius 2 is 2.42 bits per heavy atom. The molecule has 1 fully saturated rings. The second kappa shape index (κ2) is 5.53. The van der Waals surface area contributed by atoms with Crippen molar-refractivity contribution in [3.05, 3.63) is 11.2 Å². The second-order valence-electron chi connectivity index (χ2n) is 4.06. The molecule has 0 aromatic carbocycles. The molecule has 0 amide bonds. The highest BCUT2D eigenvalue weighted by molar-refractivity contribution is 7.91. The zero-order valence-electron chi connectivity index (χ0n) is 10.3. The number of hydrogen-bond acceptors (Lipinski definition) is 6. The summed E-state index contributed by atoms with van der Waals surface area (Å²) < 4.78 is 31.3. The minimum Gasteiger partial charge on any atom is -0.476 e. The van der Waals surface area contributed by atoms with Crippen LogP contribution < -0.4 is 0 Å². The van der Waals surface area contributed by atoms with E-state index in [1.54, 1.807) is 0 Å². The summed E-state index contributed by atoms with van der Waals surface area (Å²) in [4.78, 5) is 14.6. The van der Waals surface area contributed by atoms with Crippen LogP contribution in [0.4, 0.5) is 0 Å². The molecule has 0 aliphatic carbocycles. The van der Waals surface area contributed by atoms with E-state index < -0.39 is 21.7 Å². The van der Waals surface area contributed by atoms with Crippen molar-refractivity contribution < 1.29 is 23.1 Å². The molecule has 1 aliphatic heterocycles. The Kier molecular flexibility index (Phi) is 4.19. The van der Waals surface area contributed by atoms with Crippen LogP contribution in [-0.2, 0) is 14.8 Å². The van der Waals surface area contributed by atoms with E-state index in [2.05, 4.69) is 4.98 Å². The summed E-state index contributed by atoms with van der Waals surface area (Å²) in [6.45, 7) is 2.71. The first kappa shape index (κ1) is 14.4. The fourth-order valence-electron chi connectivity index (χ4n) is 1.84. The first-order chi connectivity index (χ1) is 8.96. The number of rotatable bonds is 4. The highest BCUT2D eigenvalue weighted by Gasteiger charge is 2.34. The van der Waals surface area contributed by atoms with Gasteiger partial charge in [-0.25, -0.2) is 18.2 Å². The average Bonchev–Trinajstić information content (AvgIpc) is 2.89. The second-order valence-corrected chi connectivity index (χ2v) is 7.05. The molecule has 106 valence electrons. The molecule has 7 nitrogen and oxygen atoms in total. The number of aromatic nitrogens is 1. The molecule has 1 aromatic rings. The molecule has 0 spiro atoms. The third-order valence-electron chi connectivity index (χ3n) is 2.87. The van der Waals surface area contributed by atoms with Gasteiger partial charge in [-0.1, -0.05) is 6.92 Å². The molecule has 1 N–H and O–H groups in total. The normalized spacial score (nSPS) is 21.4. The topological polar surface area (TPSA) is 96.8 Å². The molecule has 2 heterocycles. The summed E-state index contributed by atoms with van der Waals surface area (Å²) in [5.41, 5.74) is 0.818. The van der Waals surface area contributed by atoms with Crippen LogP contribution in [0.3, 0.4) is 0 Å². The third-order valence-corrected chi connectivity index (χ3v) is 6.08. The highest BCUT2D eigenvalue weighted by atomic mass is 32.2. The third kappa shape index (κ3) is 2.78. The Hall–Kier alpha value is -1.03. The van der Waals surface area contributed by atoms with E-state index in [0.29, 0.717) is 13.0 Å². The van der Waals surface area contributed by atoms with Gasteiger partial charge < -0.3 is 9.84 Å². The van der Waals surface area contributed by atoms with Gasteiger partial charge in [-0.05, 0) is 6.42 Å². The van der Waals surface area contributed by atoms with Gasteiger partial charge in [-0.2, -0.15) is 4.31 Å². The molecule has 19 heavy (non-hydrogen) atoms. The maximum atomic E-state index is 12.4. The molecule has 0 radical (unpaired) electrons. The van der Waals surface area contributed by atoms with Crippen LogP contribution >= 0.6 is 11.3 Å². The predicted octanol–water partition coefficient (Wildman–Crippen LogP) is 0.641. The molecule has 2 rings (SSSR count). The molecular formula is C10H14N2O5S2. The van der Waals surface area contributed by atoms with E-state index in [4.69, 9.17) is 9.84 Å². The number of morpholine rings is 1. The zero-order valence-corrected chi connectivity index (χ0v) is 11.9. The van der Waals surface area contributed by atoms with Gasteiger partial charge in [0.15, 0.2) is 9.90 Å². The van der Waals surface area contributed by atoms with Crippen molar-refractivity contribution in [2.75, 3.05) is 19.7 Å². The van der Waals surface area contributed by atoms with Crippen molar-refractivity contribution in [1.82, 2.24) is 9.29 Å². The number of sulfonamides is 1. The first-order valence-corrected chi connectivity index (χ1v) is 8.07. The molecule has 1 aromatic heterocycles. The number of carboxylic acids is 1. The van der Waals surface area contributed by atoms with Crippen molar-refractivity contribution in [2.24, 2.45) is 0 Å². The number of hydrogen-bond donors (Lipinski definition) is 1. The fraction of sp³-hybridized carbons (Fsp3) is 0.600. The smallest absolute Gasteiger partial charge is 0.356 e. The number of nitrogens with zero attached hydrogens (tertiary/aromatic N) is 2. The Bertz CT molecular complexity index is 568. The van der Waals surface area contributed by atoms with Gasteiger partial charge in [-0.3, -0.25) is 0 Å². The number of carbonyl (C=O) groups is 1. The van der Waals surface area contributed by atoms with Crippen LogP contribution in [0.15, 0.2) is 9.72 Å². The highest BCUT2D eigenvalue weighted by Crippen LogP contribution is 2.26. The molecule has 1 unspecified atom stereocenters. The van der Waals surface area contributed by atoms with E-state index in [1.165, 1.54) is 9.82 Å². The van der Waals surface area contributed by atoms with E-state index in [0.717, 1.165) is 11.3 Å². The standard InChI is InChI=1S/C10H14N2O5S2/c1-2-7-5-12(3-4-17-7)19(15,16)10-8(9(13)14)11-6-18-10/h6-7H,2-5H2,1H3,(H,13,14). The summed E-state index contributed by atoms with van der Waals surface area (Å²) in [6, 6.07) is 0. The lowest BCUT2D eigenvalue weighted by molar-refractivity contribution is -0.00274. The molecular weight excluding hydrogens is 292 g/mol. The first-order valence-electron chi connectivity index (χ1n) is 5.75. The zero-order chi connectivity index (χ0) is 14.0. The lowest BCUT2D eigenvalue weighted by Crippen LogP contribution is -2.45. The van der Waals surface area contributed by atoms with Crippen molar-refractivity contribution in [2.45, 2.75) is 23.7 Å². The minimum atomic E-state index is -3.81. The van der Waals surface area contributed by atoms with Gasteiger partial charge in [0.25, 0.3) is 10.0 Å². The Morgan fingerprint density at radius 1 is 1.68 bits per heavy atom. The van der Waals surface area contributed by atoms with Crippen LogP contribution in [0.1, 0.15) is 23.8 Å². The van der Waals surface area contributed by atoms with Crippen LogP contribution in [0.2, 0.25) is 0 Å². The van der Waals surface area contributed by atoms with Crippen LogP contribution in [0, 0.1) is 0 Å². The van der Waals surface area contributed by atoms with Crippen molar-refractivity contribution in [1.29, 1.82) is 0 Å². The molecule has 1 aliphatic rings. The lowest BCUT2D eigenvalue weighted by Gasteiger charge is -2.31. The molecule has 9 heteroatoms. The van der Waals surface area contributed by atoms with Crippen molar-refractivity contribution in [3.63, 3.8) is 0 Å². The maximum Gasteiger partial charge on any atom is 0.356 e. The van der Waals surface area contributed by atoms with E-state index in [9.17, 15) is 13.2 Å². The van der Waals surface area contributed by atoms with Gasteiger partial charge >= 0.3 is 5.97 Å². The van der Waals surface area contributed by atoms with Gasteiger partial charge in [0.05, 0.1) is 18.2 Å². The number of thiazole rings is 1. The number of aromatic carboxylic acids is 1. The van der Waals surface area contributed by atoms with E-state index in [1.807, 2.05) is 6.92 Å². The van der Waals surface area contributed by atoms with Gasteiger partial charge in [0.1, 0.15) is 0 Å². The van der Waals surface area contributed by atoms with Crippen molar-refractivity contribution >= 4 is 27.3 Å². The summed E-state index contributed by atoms with van der Waals surface area (Å²) in [5.74, 6) is -1.33. The summed E-state index contributed by atoms with van der Waals surface area (Å²) >= 11 is 0.825. The summed E-state index contributed by atoms with van der Waals surface area (Å²) in [6.07, 6.45) is 0.560. The number of ether oxygens (including phenoxy) is 1. The number of carboxylic acid groups (broad SMARTS) is 1. The predicted molar refractivity (Wildman–Crippen MR) is 67.9 cm³/mol. The Balaban J connectivity index is 2.31. The van der Waals surface area contributed by atoms with Crippen LogP contribution in [0.25, 0.3) is 0 Å². The quantitative estimate of drug-likeness (QED) is 0.877. The molecule has 1 saturated heterocycles. The Labute approximate surface area is 114 Å². The largest absolute Gasteiger partial charge is 0.476 e. The minimum absolute atomic E-state index is 0.148. The summed E-state index contributed by atoms with van der Waals surface area (Å²) in [5, 5.41) is 8.95. The summed E-state index contributed by atoms with van der Waals surface area (Å²) in [7, 11) is -3.81. The fourth-order valence-corrected chi connectivity index (χ4v) is 4.57. The molecule has 0 saturated carbocycles. The van der Waals surface area contributed by atoms with Gasteiger partial charge in [0, 0.05) is 13.1 Å². The monoisotopic (exact) mass is 306 g/mol. The van der Waals surface area contributed by atoms with Gasteiger partial charge in [-0.15, -0.1) is 11.3 Å². The van der Waals surface area contributed by atoms with E-state index in [-0.39, 0.29) is 23.4 Å². The van der Waals surface area contributed by atoms with Crippen LogP contribution in [-0.4, -0.2) is 54.6 Å². The van der Waals surface area contributed by atoms with E-state index >= 15 is 0 Å². The average molecular weight is 306 g/mol. The molecule has 0 bridgehead atoms. The maximum absolute atomic E-state index is 12.4. The Morgan fingerprint density at radius 3 is 3.05 bits per heavy atom. The van der Waals surface area contributed by atoms with Gasteiger partial charge in [0.2, 0.25) is 0 Å². The van der Waals surface area contributed by atoms with Crippen LogP contribution in [0.5, 0.6) is 0 Å².